The molecule has 0 radical (unpaired) electrons. The van der Waals surface area contributed by atoms with Crippen molar-refractivity contribution in [2.24, 2.45) is 0 Å². The Kier molecular flexibility index (Phi) is 3.05. The van der Waals surface area contributed by atoms with Gasteiger partial charge in [-0.2, -0.15) is 0 Å². The van der Waals surface area contributed by atoms with E-state index in [1.165, 1.54) is 25.3 Å². The van der Waals surface area contributed by atoms with Gasteiger partial charge in [-0.15, -0.1) is 0 Å². The molecule has 1 N–H and O–H groups in total. The fourth-order valence-electron chi connectivity index (χ4n) is 3.24. The molecule has 1 aromatic heterocycles. The van der Waals surface area contributed by atoms with E-state index in [1.54, 1.807) is 19.1 Å². The minimum atomic E-state index is -0.740. The van der Waals surface area contributed by atoms with Crippen molar-refractivity contribution < 1.29 is 23.8 Å². The molecule has 0 saturated carbocycles. The number of ether oxygens (including phenoxy) is 1. The lowest BCUT2D eigenvalue weighted by Gasteiger charge is -2.19. The van der Waals surface area contributed by atoms with Crippen LogP contribution >= 0.6 is 0 Å². The Balaban J connectivity index is 2.21. The summed E-state index contributed by atoms with van der Waals surface area (Å²) in [6.07, 6.45) is 0. The van der Waals surface area contributed by atoms with E-state index in [-0.39, 0.29) is 39.0 Å². The number of hydrogen-bond acceptors (Lipinski definition) is 6. The summed E-state index contributed by atoms with van der Waals surface area (Å²) < 4.78 is 10.5. The Hall–Kier alpha value is -3.41. The van der Waals surface area contributed by atoms with Gasteiger partial charge in [-0.1, -0.05) is 12.1 Å². The smallest absolute Gasteiger partial charge is 0.344 e. The molecule has 1 aliphatic carbocycles. The average Bonchev–Trinajstić information content (AvgIpc) is 2.59. The fraction of sp³-hybridized carbons (Fsp3) is 0.105. The molecule has 0 amide bonds. The van der Waals surface area contributed by atoms with Crippen LogP contribution in [0.5, 0.6) is 11.5 Å². The third-order valence-electron chi connectivity index (χ3n) is 4.31. The Morgan fingerprint density at radius 3 is 2.52 bits per heavy atom. The lowest BCUT2D eigenvalue weighted by atomic mass is 9.84. The van der Waals surface area contributed by atoms with E-state index in [9.17, 15) is 19.5 Å². The maximum absolute atomic E-state index is 13.0. The summed E-state index contributed by atoms with van der Waals surface area (Å²) in [5, 5.41) is 10.4. The zero-order chi connectivity index (χ0) is 17.9. The molecule has 1 heterocycles. The highest BCUT2D eigenvalue weighted by atomic mass is 16.5. The van der Waals surface area contributed by atoms with E-state index in [1.807, 2.05) is 0 Å². The van der Waals surface area contributed by atoms with Crippen LogP contribution in [-0.4, -0.2) is 23.8 Å². The topological polar surface area (TPSA) is 93.8 Å². The molecule has 0 spiro atoms. The molecule has 0 atom stereocenters. The van der Waals surface area contributed by atoms with Gasteiger partial charge < -0.3 is 14.3 Å². The second-order valence-corrected chi connectivity index (χ2v) is 5.84. The number of phenols is 1. The summed E-state index contributed by atoms with van der Waals surface area (Å²) in [6.45, 7) is 1.78. The van der Waals surface area contributed by atoms with Gasteiger partial charge in [0.05, 0.1) is 23.6 Å². The molecule has 0 fully saturated rings. The van der Waals surface area contributed by atoms with Crippen molar-refractivity contribution in [1.29, 1.82) is 0 Å². The van der Waals surface area contributed by atoms with Gasteiger partial charge >= 0.3 is 5.63 Å². The van der Waals surface area contributed by atoms with Crippen LogP contribution < -0.4 is 10.4 Å². The first kappa shape index (κ1) is 15.1. The third kappa shape index (κ3) is 1.94. The number of fused-ring (bicyclic) bond motifs is 4. The van der Waals surface area contributed by atoms with E-state index in [0.717, 1.165) is 5.56 Å². The zero-order valence-corrected chi connectivity index (χ0v) is 13.4. The molecule has 124 valence electrons. The van der Waals surface area contributed by atoms with Crippen molar-refractivity contribution in [3.63, 3.8) is 0 Å². The van der Waals surface area contributed by atoms with E-state index in [0.29, 0.717) is 5.75 Å². The van der Waals surface area contributed by atoms with Crippen LogP contribution in [0.3, 0.4) is 0 Å². The highest BCUT2D eigenvalue weighted by Crippen LogP contribution is 2.38. The Bertz CT molecular complexity index is 1150. The number of methoxy groups -OCH3 is 1. The largest absolute Gasteiger partial charge is 0.507 e. The van der Waals surface area contributed by atoms with Gasteiger partial charge in [0.25, 0.3) is 0 Å². The van der Waals surface area contributed by atoms with Gasteiger partial charge in [0.2, 0.25) is 5.78 Å². The van der Waals surface area contributed by atoms with Crippen molar-refractivity contribution >= 4 is 22.3 Å². The molecular formula is C19H12O6. The van der Waals surface area contributed by atoms with E-state index in [2.05, 4.69) is 0 Å². The first-order chi connectivity index (χ1) is 11.9. The predicted octanol–water partition coefficient (Wildman–Crippen LogP) is 2.59. The molecule has 0 bridgehead atoms. The maximum Gasteiger partial charge on any atom is 0.344 e. The van der Waals surface area contributed by atoms with Crippen molar-refractivity contribution in [3.8, 4) is 11.5 Å². The summed E-state index contributed by atoms with van der Waals surface area (Å²) in [5.74, 6) is -1.61. The van der Waals surface area contributed by atoms with Crippen LogP contribution in [0.25, 0.3) is 10.8 Å². The quantitative estimate of drug-likeness (QED) is 0.574. The van der Waals surface area contributed by atoms with E-state index >= 15 is 0 Å². The Morgan fingerprint density at radius 1 is 1.04 bits per heavy atom. The van der Waals surface area contributed by atoms with E-state index < -0.39 is 17.2 Å². The molecule has 6 nitrogen and oxygen atoms in total. The number of aromatic hydroxyl groups is 1. The zero-order valence-electron chi connectivity index (χ0n) is 13.4. The first-order valence-corrected chi connectivity index (χ1v) is 7.51. The van der Waals surface area contributed by atoms with Crippen molar-refractivity contribution in [1.82, 2.24) is 0 Å². The molecule has 6 heteroatoms. The van der Waals surface area contributed by atoms with Crippen molar-refractivity contribution in [3.05, 3.63) is 68.8 Å². The van der Waals surface area contributed by atoms with Gasteiger partial charge in [0, 0.05) is 10.9 Å². The standard InChI is InChI=1S/C19H12O6/c1-8-6-10-14(12(7-8)24-2)15-16(21)9-4-3-5-11(20)13(9)17(22)18(15)25-19(10)23/h3-7,20H,1-2H3. The normalized spacial score (nSPS) is 12.9. The van der Waals surface area contributed by atoms with Crippen LogP contribution in [0.4, 0.5) is 0 Å². The lowest BCUT2D eigenvalue weighted by molar-refractivity contribution is 0.0952. The summed E-state index contributed by atoms with van der Waals surface area (Å²) in [7, 11) is 1.42. The minimum absolute atomic E-state index is 0.0189. The highest BCUT2D eigenvalue weighted by Gasteiger charge is 2.37. The van der Waals surface area contributed by atoms with E-state index in [4.69, 9.17) is 9.15 Å². The number of hydrogen-bond donors (Lipinski definition) is 1. The molecule has 3 aromatic rings. The molecular weight excluding hydrogens is 324 g/mol. The first-order valence-electron chi connectivity index (χ1n) is 7.51. The second-order valence-electron chi connectivity index (χ2n) is 5.84. The molecule has 1 aliphatic rings. The average molecular weight is 336 g/mol. The molecule has 0 saturated heterocycles. The molecule has 4 rings (SSSR count). The fourth-order valence-corrected chi connectivity index (χ4v) is 3.24. The molecule has 0 unspecified atom stereocenters. The number of ketones is 2. The molecule has 2 aromatic carbocycles. The van der Waals surface area contributed by atoms with Crippen LogP contribution in [0.2, 0.25) is 0 Å². The highest BCUT2D eigenvalue weighted by molar-refractivity contribution is 6.32. The number of phenolic OH excluding ortho intramolecular Hbond substituents is 1. The number of aryl methyl sites for hydroxylation is 1. The minimum Gasteiger partial charge on any atom is -0.507 e. The van der Waals surface area contributed by atoms with Crippen LogP contribution in [-0.2, 0) is 0 Å². The number of carbonyl (C=O) groups excluding carboxylic acids is 2. The van der Waals surface area contributed by atoms with Gasteiger partial charge in [-0.3, -0.25) is 9.59 Å². The second kappa shape index (κ2) is 5.04. The third-order valence-corrected chi connectivity index (χ3v) is 4.31. The maximum atomic E-state index is 13.0. The summed E-state index contributed by atoms with van der Waals surface area (Å²) >= 11 is 0. The van der Waals surface area contributed by atoms with Gasteiger partial charge in [-0.25, -0.2) is 4.79 Å². The number of rotatable bonds is 1. The predicted molar refractivity (Wildman–Crippen MR) is 88.7 cm³/mol. The van der Waals surface area contributed by atoms with Crippen LogP contribution in [0.1, 0.15) is 37.6 Å². The summed E-state index contributed by atoms with van der Waals surface area (Å²) in [4.78, 5) is 38.1. The summed E-state index contributed by atoms with van der Waals surface area (Å²) in [6, 6.07) is 7.50. The van der Waals surface area contributed by atoms with Crippen LogP contribution in [0.15, 0.2) is 39.5 Å². The van der Waals surface area contributed by atoms with Gasteiger partial charge in [-0.05, 0) is 30.7 Å². The Morgan fingerprint density at radius 2 is 1.80 bits per heavy atom. The molecule has 0 aliphatic heterocycles. The molecule has 25 heavy (non-hydrogen) atoms. The monoisotopic (exact) mass is 336 g/mol. The number of benzene rings is 2. The van der Waals surface area contributed by atoms with Gasteiger partial charge in [0.1, 0.15) is 11.5 Å². The lowest BCUT2D eigenvalue weighted by Crippen LogP contribution is -2.24. The van der Waals surface area contributed by atoms with Gasteiger partial charge in [0.15, 0.2) is 11.5 Å². The summed E-state index contributed by atoms with van der Waals surface area (Å²) in [5.41, 5.74) is -0.0987. The SMILES string of the molecule is COc1cc(C)cc2c(=O)oc3c(c12)C(=O)c1cccc(O)c1C3=O. The Labute approximate surface area is 141 Å². The van der Waals surface area contributed by atoms with Crippen molar-refractivity contribution in [2.45, 2.75) is 6.92 Å². The number of carbonyl (C=O) groups is 2. The van der Waals surface area contributed by atoms with Crippen LogP contribution in [0, 0.1) is 6.92 Å². The van der Waals surface area contributed by atoms with Crippen molar-refractivity contribution in [2.75, 3.05) is 7.11 Å².